The molecule has 0 aliphatic carbocycles. The Morgan fingerprint density at radius 2 is 1.93 bits per heavy atom. The van der Waals surface area contributed by atoms with Crippen LogP contribution in [0.3, 0.4) is 0 Å². The Morgan fingerprint density at radius 1 is 1.19 bits per heavy atom. The molecule has 0 spiro atoms. The molecule has 0 aliphatic rings. The molecule has 0 aliphatic heterocycles. The van der Waals surface area contributed by atoms with Crippen LogP contribution in [0.2, 0.25) is 0 Å². The van der Waals surface area contributed by atoms with Crippen molar-refractivity contribution in [1.29, 1.82) is 0 Å². The highest BCUT2D eigenvalue weighted by molar-refractivity contribution is 5.98. The third-order valence-corrected chi connectivity index (χ3v) is 3.92. The molecule has 2 rings (SSSR count). The molecule has 7 nitrogen and oxygen atoms in total. The highest BCUT2D eigenvalue weighted by Gasteiger charge is 2.23. The molecule has 146 valence electrons. The summed E-state index contributed by atoms with van der Waals surface area (Å²) in [5, 5.41) is 2.60. The number of carbonyl (C=O) groups excluding carboxylic acids is 2. The first-order chi connectivity index (χ1) is 12.8. The molecule has 0 fully saturated rings. The van der Waals surface area contributed by atoms with Gasteiger partial charge in [-0.3, -0.25) is 14.6 Å². The highest BCUT2D eigenvalue weighted by atomic mass is 16.4. The number of nitrogens with zero attached hydrogens (tertiary/aromatic N) is 2. The Kier molecular flexibility index (Phi) is 7.24. The van der Waals surface area contributed by atoms with Crippen molar-refractivity contribution in [2.45, 2.75) is 46.6 Å². The van der Waals surface area contributed by atoms with E-state index < -0.39 is 6.04 Å². The molecule has 1 amide bonds. The summed E-state index contributed by atoms with van der Waals surface area (Å²) in [5.41, 5.74) is 6.99. The average Bonchev–Trinajstić information content (AvgIpc) is 3.02. The molecule has 2 aromatic heterocycles. The third kappa shape index (κ3) is 5.99. The maximum atomic E-state index is 12.6. The Hall–Kier alpha value is -2.54. The lowest BCUT2D eigenvalue weighted by Gasteiger charge is -2.13. The standard InChI is InChI=1S/C20H28N4O3/c1-12(2)9-14(21)19(26)23-11-17(25)18-16(10-13(3)4)24-20(27-18)15-7-5-6-8-22-15/h5-8,12-14H,9-11,21H2,1-4H3,(H,23,26). The number of amides is 1. The van der Waals surface area contributed by atoms with Gasteiger partial charge in [-0.25, -0.2) is 4.98 Å². The second-order valence-corrected chi connectivity index (χ2v) is 7.48. The molecule has 0 saturated carbocycles. The predicted molar refractivity (Wildman–Crippen MR) is 103 cm³/mol. The monoisotopic (exact) mass is 372 g/mol. The molecule has 0 saturated heterocycles. The fourth-order valence-corrected chi connectivity index (χ4v) is 2.69. The maximum absolute atomic E-state index is 12.6. The van der Waals surface area contributed by atoms with E-state index in [1.165, 1.54) is 0 Å². The summed E-state index contributed by atoms with van der Waals surface area (Å²) in [7, 11) is 0. The van der Waals surface area contributed by atoms with Crippen molar-refractivity contribution in [1.82, 2.24) is 15.3 Å². The summed E-state index contributed by atoms with van der Waals surface area (Å²) < 4.78 is 5.72. The minimum Gasteiger partial charge on any atom is -0.431 e. The number of nitrogens with two attached hydrogens (primary N) is 1. The van der Waals surface area contributed by atoms with Crippen molar-refractivity contribution in [2.75, 3.05) is 6.54 Å². The van der Waals surface area contributed by atoms with Gasteiger partial charge in [-0.1, -0.05) is 33.8 Å². The molecule has 0 radical (unpaired) electrons. The van der Waals surface area contributed by atoms with Gasteiger partial charge in [0.15, 0.2) is 5.76 Å². The summed E-state index contributed by atoms with van der Waals surface area (Å²) >= 11 is 0. The molecule has 1 atom stereocenters. The minimum absolute atomic E-state index is 0.169. The summed E-state index contributed by atoms with van der Waals surface area (Å²) in [6, 6.07) is 4.76. The Labute approximate surface area is 159 Å². The number of hydrogen-bond donors (Lipinski definition) is 2. The van der Waals surface area contributed by atoms with Gasteiger partial charge in [-0.15, -0.1) is 0 Å². The molecule has 2 heterocycles. The first kappa shape index (κ1) is 20.8. The van der Waals surface area contributed by atoms with Crippen LogP contribution in [0.5, 0.6) is 0 Å². The zero-order chi connectivity index (χ0) is 20.0. The minimum atomic E-state index is -0.633. The number of pyridine rings is 1. The van der Waals surface area contributed by atoms with E-state index in [1.54, 1.807) is 18.3 Å². The molecule has 0 aromatic carbocycles. The Bertz CT molecular complexity index is 769. The molecule has 27 heavy (non-hydrogen) atoms. The van der Waals surface area contributed by atoms with Gasteiger partial charge >= 0.3 is 0 Å². The van der Waals surface area contributed by atoms with Gasteiger partial charge in [-0.05, 0) is 36.8 Å². The van der Waals surface area contributed by atoms with Crippen molar-refractivity contribution in [3.05, 3.63) is 35.9 Å². The van der Waals surface area contributed by atoms with Crippen LogP contribution in [0, 0.1) is 11.8 Å². The van der Waals surface area contributed by atoms with Crippen LogP contribution >= 0.6 is 0 Å². The Balaban J connectivity index is 2.14. The summed E-state index contributed by atoms with van der Waals surface area (Å²) in [6.07, 6.45) is 2.79. The number of hydrogen-bond acceptors (Lipinski definition) is 6. The van der Waals surface area contributed by atoms with E-state index in [-0.39, 0.29) is 24.0 Å². The normalized spacial score (nSPS) is 12.4. The predicted octanol–water partition coefficient (Wildman–Crippen LogP) is 2.61. The van der Waals surface area contributed by atoms with E-state index in [1.807, 2.05) is 33.8 Å². The number of carbonyl (C=O) groups is 2. The molecule has 3 N–H and O–H groups in total. The fourth-order valence-electron chi connectivity index (χ4n) is 2.69. The second-order valence-electron chi connectivity index (χ2n) is 7.48. The van der Waals surface area contributed by atoms with Gasteiger partial charge < -0.3 is 15.5 Å². The maximum Gasteiger partial charge on any atom is 0.246 e. The zero-order valence-electron chi connectivity index (χ0n) is 16.4. The quantitative estimate of drug-likeness (QED) is 0.655. The van der Waals surface area contributed by atoms with E-state index >= 15 is 0 Å². The van der Waals surface area contributed by atoms with Gasteiger partial charge in [0.05, 0.1) is 18.3 Å². The smallest absolute Gasteiger partial charge is 0.246 e. The highest BCUT2D eigenvalue weighted by Crippen LogP contribution is 2.22. The van der Waals surface area contributed by atoms with Crippen LogP contribution in [0.15, 0.2) is 28.8 Å². The Morgan fingerprint density at radius 3 is 2.52 bits per heavy atom. The van der Waals surface area contributed by atoms with Crippen molar-refractivity contribution < 1.29 is 14.0 Å². The zero-order valence-corrected chi connectivity index (χ0v) is 16.4. The number of oxazole rings is 1. The van der Waals surface area contributed by atoms with Crippen LogP contribution in [-0.2, 0) is 11.2 Å². The lowest BCUT2D eigenvalue weighted by Crippen LogP contribution is -2.43. The van der Waals surface area contributed by atoms with Gasteiger partial charge in [-0.2, -0.15) is 0 Å². The molecule has 7 heteroatoms. The largest absolute Gasteiger partial charge is 0.431 e. The van der Waals surface area contributed by atoms with Crippen molar-refractivity contribution in [3.8, 4) is 11.6 Å². The average molecular weight is 372 g/mol. The first-order valence-corrected chi connectivity index (χ1v) is 9.25. The molecule has 2 aromatic rings. The number of rotatable bonds is 9. The van der Waals surface area contributed by atoms with Crippen molar-refractivity contribution in [2.24, 2.45) is 17.6 Å². The van der Waals surface area contributed by atoms with E-state index in [9.17, 15) is 9.59 Å². The molecular formula is C20H28N4O3. The fraction of sp³-hybridized carbons (Fsp3) is 0.500. The van der Waals surface area contributed by atoms with Gasteiger partial charge in [0.1, 0.15) is 5.69 Å². The van der Waals surface area contributed by atoms with Crippen molar-refractivity contribution >= 4 is 11.7 Å². The number of nitrogens with one attached hydrogen (secondary N) is 1. The van der Waals surface area contributed by atoms with Crippen LogP contribution in [0.1, 0.15) is 50.4 Å². The van der Waals surface area contributed by atoms with E-state index in [0.717, 1.165) is 0 Å². The van der Waals surface area contributed by atoms with E-state index in [2.05, 4.69) is 15.3 Å². The molecule has 0 bridgehead atoms. The molecular weight excluding hydrogens is 344 g/mol. The van der Waals surface area contributed by atoms with Gasteiger partial charge in [0.2, 0.25) is 17.6 Å². The SMILES string of the molecule is CC(C)Cc1nc(-c2ccccn2)oc1C(=O)CNC(=O)C(N)CC(C)C. The number of ketones is 1. The van der Waals surface area contributed by atoms with Crippen LogP contribution in [0.25, 0.3) is 11.6 Å². The van der Waals surface area contributed by atoms with E-state index in [0.29, 0.717) is 42.0 Å². The lowest BCUT2D eigenvalue weighted by atomic mass is 10.0. The van der Waals surface area contributed by atoms with Gasteiger partial charge in [0.25, 0.3) is 0 Å². The van der Waals surface area contributed by atoms with Crippen LogP contribution in [0.4, 0.5) is 0 Å². The van der Waals surface area contributed by atoms with E-state index in [4.69, 9.17) is 10.2 Å². The lowest BCUT2D eigenvalue weighted by molar-refractivity contribution is -0.122. The second kappa shape index (κ2) is 9.41. The summed E-state index contributed by atoms with van der Waals surface area (Å²) in [4.78, 5) is 33.4. The van der Waals surface area contributed by atoms with Gasteiger partial charge in [0, 0.05) is 6.20 Å². The van der Waals surface area contributed by atoms with Crippen LogP contribution in [-0.4, -0.2) is 34.2 Å². The summed E-state index contributed by atoms with van der Waals surface area (Å²) in [5.74, 6) is 0.401. The summed E-state index contributed by atoms with van der Waals surface area (Å²) in [6.45, 7) is 7.88. The third-order valence-electron chi connectivity index (χ3n) is 3.92. The number of Topliss-reactive ketones (excluding diaryl/α,β-unsaturated/α-hetero) is 1. The number of aromatic nitrogens is 2. The molecule has 1 unspecified atom stereocenters. The first-order valence-electron chi connectivity index (χ1n) is 9.25. The van der Waals surface area contributed by atoms with Crippen molar-refractivity contribution in [3.63, 3.8) is 0 Å². The van der Waals surface area contributed by atoms with Crippen LogP contribution < -0.4 is 11.1 Å². The topological polar surface area (TPSA) is 111 Å².